The van der Waals surface area contributed by atoms with Gasteiger partial charge in [0, 0.05) is 23.6 Å². The first-order valence-corrected chi connectivity index (χ1v) is 9.16. The molecule has 0 radical (unpaired) electrons. The largest absolute Gasteiger partial charge is 0.493 e. The van der Waals surface area contributed by atoms with Crippen molar-refractivity contribution >= 4 is 12.2 Å². The van der Waals surface area contributed by atoms with Crippen LogP contribution in [0.2, 0.25) is 0 Å². The molecule has 29 heavy (non-hydrogen) atoms. The zero-order chi connectivity index (χ0) is 19.8. The van der Waals surface area contributed by atoms with Crippen LogP contribution in [0.5, 0.6) is 11.5 Å². The van der Waals surface area contributed by atoms with Crippen LogP contribution >= 0.6 is 0 Å². The van der Waals surface area contributed by atoms with E-state index in [1.807, 2.05) is 36.4 Å². The lowest BCUT2D eigenvalue weighted by Crippen LogP contribution is -1.90. The van der Waals surface area contributed by atoms with Crippen LogP contribution < -0.4 is 9.47 Å². The zero-order valence-corrected chi connectivity index (χ0v) is 16.0. The Labute approximate surface area is 167 Å². The number of hydrogen-bond acceptors (Lipinski definition) is 6. The van der Waals surface area contributed by atoms with E-state index in [-0.39, 0.29) is 0 Å². The van der Waals surface area contributed by atoms with E-state index in [1.54, 1.807) is 20.3 Å². The number of H-pyrrole nitrogens is 1. The number of rotatable bonds is 5. The predicted molar refractivity (Wildman–Crippen MR) is 109 cm³/mol. The number of nitrogens with one attached hydrogen (secondary N) is 1. The third-order valence-corrected chi connectivity index (χ3v) is 4.99. The quantitative estimate of drug-likeness (QED) is 0.487. The molecular formula is C22H18N4O3. The summed E-state index contributed by atoms with van der Waals surface area (Å²) in [5.74, 6) is 2.18. The van der Waals surface area contributed by atoms with Crippen molar-refractivity contribution in [2.75, 3.05) is 14.2 Å². The lowest BCUT2D eigenvalue weighted by molar-refractivity contribution is 0.355. The molecule has 5 rings (SSSR count). The van der Waals surface area contributed by atoms with Crippen molar-refractivity contribution in [3.63, 3.8) is 0 Å². The fourth-order valence-corrected chi connectivity index (χ4v) is 3.56. The molecule has 0 spiro atoms. The van der Waals surface area contributed by atoms with Crippen LogP contribution in [0, 0.1) is 0 Å². The fourth-order valence-electron chi connectivity index (χ4n) is 3.56. The molecule has 7 heteroatoms. The van der Waals surface area contributed by atoms with Gasteiger partial charge in [-0.3, -0.25) is 5.10 Å². The van der Waals surface area contributed by atoms with E-state index in [1.165, 1.54) is 5.56 Å². The third kappa shape index (κ3) is 2.97. The highest BCUT2D eigenvalue weighted by Crippen LogP contribution is 2.39. The SMILES string of the molecule is COc1ccc(/C=C/c2nnc(-c3[nH]nc4c3Cc3ccccc3-4)o2)cc1OC. The Morgan fingerprint density at radius 1 is 1.00 bits per heavy atom. The van der Waals surface area contributed by atoms with Gasteiger partial charge >= 0.3 is 0 Å². The average molecular weight is 386 g/mol. The van der Waals surface area contributed by atoms with Crippen molar-refractivity contribution in [1.29, 1.82) is 0 Å². The standard InChI is InChI=1S/C22H18N4O3/c1-27-17-9-7-13(11-18(17)28-2)8-10-19-23-26-22(29-19)21-16-12-14-5-3-4-6-15(14)20(16)24-25-21/h3-11H,12H2,1-2H3,(H,24,25)/b10-8+. The molecule has 0 aliphatic heterocycles. The van der Waals surface area contributed by atoms with Crippen LogP contribution in [0.4, 0.5) is 0 Å². The molecule has 2 heterocycles. The molecule has 0 saturated carbocycles. The maximum atomic E-state index is 5.84. The van der Waals surface area contributed by atoms with Crippen molar-refractivity contribution in [2.45, 2.75) is 6.42 Å². The van der Waals surface area contributed by atoms with Gasteiger partial charge in [0.15, 0.2) is 11.5 Å². The molecule has 0 fully saturated rings. The summed E-state index contributed by atoms with van der Waals surface area (Å²) in [6.45, 7) is 0. The summed E-state index contributed by atoms with van der Waals surface area (Å²) >= 11 is 0. The number of ether oxygens (including phenoxy) is 2. The lowest BCUT2D eigenvalue weighted by Gasteiger charge is -2.07. The van der Waals surface area contributed by atoms with Crippen LogP contribution in [0.25, 0.3) is 35.0 Å². The molecule has 2 aromatic heterocycles. The maximum absolute atomic E-state index is 5.84. The molecule has 1 aliphatic carbocycles. The van der Waals surface area contributed by atoms with Gasteiger partial charge in [-0.2, -0.15) is 5.10 Å². The highest BCUT2D eigenvalue weighted by atomic mass is 16.5. The van der Waals surface area contributed by atoms with E-state index in [0.29, 0.717) is 23.3 Å². The summed E-state index contributed by atoms with van der Waals surface area (Å²) in [5, 5.41) is 15.8. The van der Waals surface area contributed by atoms with E-state index in [4.69, 9.17) is 13.9 Å². The van der Waals surface area contributed by atoms with Crippen LogP contribution in [0.15, 0.2) is 46.9 Å². The molecular weight excluding hydrogens is 368 g/mol. The van der Waals surface area contributed by atoms with E-state index in [9.17, 15) is 0 Å². The fraction of sp³-hybridized carbons (Fsp3) is 0.136. The van der Waals surface area contributed by atoms with E-state index in [2.05, 4.69) is 32.5 Å². The van der Waals surface area contributed by atoms with E-state index < -0.39 is 0 Å². The van der Waals surface area contributed by atoms with Crippen molar-refractivity contribution in [3.8, 4) is 34.3 Å². The van der Waals surface area contributed by atoms with Gasteiger partial charge < -0.3 is 13.9 Å². The minimum Gasteiger partial charge on any atom is -0.493 e. The van der Waals surface area contributed by atoms with Gasteiger partial charge in [-0.1, -0.05) is 30.3 Å². The van der Waals surface area contributed by atoms with E-state index in [0.717, 1.165) is 34.5 Å². The molecule has 4 aromatic rings. The van der Waals surface area contributed by atoms with Gasteiger partial charge in [-0.25, -0.2) is 0 Å². The zero-order valence-electron chi connectivity index (χ0n) is 16.0. The summed E-state index contributed by atoms with van der Waals surface area (Å²) in [7, 11) is 3.22. The summed E-state index contributed by atoms with van der Waals surface area (Å²) in [4.78, 5) is 0. The van der Waals surface area contributed by atoms with Gasteiger partial charge in [0.1, 0.15) is 5.69 Å². The number of nitrogens with zero attached hydrogens (tertiary/aromatic N) is 3. The number of aromatic nitrogens is 4. The smallest absolute Gasteiger partial charge is 0.266 e. The Morgan fingerprint density at radius 3 is 2.72 bits per heavy atom. The maximum Gasteiger partial charge on any atom is 0.266 e. The number of hydrogen-bond donors (Lipinski definition) is 1. The van der Waals surface area contributed by atoms with E-state index >= 15 is 0 Å². The van der Waals surface area contributed by atoms with Gasteiger partial charge in [-0.15, -0.1) is 10.2 Å². The van der Waals surface area contributed by atoms with Crippen molar-refractivity contribution in [3.05, 3.63) is 65.0 Å². The monoisotopic (exact) mass is 386 g/mol. The normalized spacial score (nSPS) is 12.2. The average Bonchev–Trinajstić information content (AvgIpc) is 3.47. The lowest BCUT2D eigenvalue weighted by atomic mass is 10.1. The van der Waals surface area contributed by atoms with Crippen LogP contribution in [-0.4, -0.2) is 34.6 Å². The Bertz CT molecular complexity index is 1220. The molecule has 0 amide bonds. The first-order valence-electron chi connectivity index (χ1n) is 9.16. The number of fused-ring (bicyclic) bond motifs is 3. The summed E-state index contributed by atoms with van der Waals surface area (Å²) < 4.78 is 16.4. The van der Waals surface area contributed by atoms with Gasteiger partial charge in [0.05, 0.1) is 19.9 Å². The predicted octanol–water partition coefficient (Wildman–Crippen LogP) is 4.22. The minimum atomic E-state index is 0.411. The summed E-state index contributed by atoms with van der Waals surface area (Å²) in [6.07, 6.45) is 4.45. The molecule has 1 aliphatic rings. The first-order chi connectivity index (χ1) is 14.3. The van der Waals surface area contributed by atoms with Gasteiger partial charge in [0.25, 0.3) is 5.89 Å². The van der Waals surface area contributed by atoms with Gasteiger partial charge in [-0.05, 0) is 29.3 Å². The van der Waals surface area contributed by atoms with Crippen molar-refractivity contribution < 1.29 is 13.9 Å². The molecule has 1 N–H and O–H groups in total. The minimum absolute atomic E-state index is 0.411. The molecule has 0 bridgehead atoms. The molecule has 0 unspecified atom stereocenters. The molecule has 0 saturated heterocycles. The highest BCUT2D eigenvalue weighted by molar-refractivity contribution is 5.79. The van der Waals surface area contributed by atoms with Crippen LogP contribution in [0.3, 0.4) is 0 Å². The van der Waals surface area contributed by atoms with Crippen molar-refractivity contribution in [1.82, 2.24) is 20.4 Å². The second kappa shape index (κ2) is 6.94. The molecule has 144 valence electrons. The Balaban J connectivity index is 1.40. The Kier molecular flexibility index (Phi) is 4.13. The number of benzene rings is 2. The second-order valence-electron chi connectivity index (χ2n) is 6.65. The topological polar surface area (TPSA) is 86.1 Å². The Morgan fingerprint density at radius 2 is 1.86 bits per heavy atom. The summed E-state index contributed by atoms with van der Waals surface area (Å²) in [5.41, 5.74) is 6.16. The number of aromatic amines is 1. The molecule has 7 nitrogen and oxygen atoms in total. The summed E-state index contributed by atoms with van der Waals surface area (Å²) in [6, 6.07) is 13.9. The molecule has 0 atom stereocenters. The first kappa shape index (κ1) is 17.2. The van der Waals surface area contributed by atoms with Crippen molar-refractivity contribution in [2.24, 2.45) is 0 Å². The second-order valence-corrected chi connectivity index (χ2v) is 6.65. The molecule has 2 aromatic carbocycles. The Hall–Kier alpha value is -3.87. The highest BCUT2D eigenvalue weighted by Gasteiger charge is 2.27. The number of methoxy groups -OCH3 is 2. The van der Waals surface area contributed by atoms with Crippen LogP contribution in [0.1, 0.15) is 22.6 Å². The van der Waals surface area contributed by atoms with Crippen LogP contribution in [-0.2, 0) is 6.42 Å². The van der Waals surface area contributed by atoms with Gasteiger partial charge in [0.2, 0.25) is 5.89 Å². The third-order valence-electron chi connectivity index (χ3n) is 4.99.